The zero-order valence-corrected chi connectivity index (χ0v) is 11.2. The summed E-state index contributed by atoms with van der Waals surface area (Å²) >= 11 is 18.1. The van der Waals surface area contributed by atoms with Gasteiger partial charge in [-0.25, -0.2) is 0 Å². The summed E-state index contributed by atoms with van der Waals surface area (Å²) in [5.41, 5.74) is 8.41. The van der Waals surface area contributed by atoms with Gasteiger partial charge in [-0.2, -0.15) is 0 Å². The van der Waals surface area contributed by atoms with E-state index in [1.165, 1.54) is 0 Å². The van der Waals surface area contributed by atoms with Gasteiger partial charge in [0.15, 0.2) is 0 Å². The number of rotatable bonds is 2. The minimum absolute atomic E-state index is 0.474. The topological polar surface area (TPSA) is 26.0 Å². The van der Waals surface area contributed by atoms with Crippen LogP contribution in [0, 0.1) is 0 Å². The van der Waals surface area contributed by atoms with Gasteiger partial charge in [-0.3, -0.25) is 0 Å². The highest BCUT2D eigenvalue weighted by molar-refractivity contribution is 6.42. The Hall–Kier alpha value is -0.730. The molecule has 0 amide bonds. The van der Waals surface area contributed by atoms with Crippen LogP contribution < -0.4 is 5.73 Å². The Labute approximate surface area is 115 Å². The third-order valence-electron chi connectivity index (χ3n) is 2.50. The largest absolute Gasteiger partial charge is 0.326 e. The molecule has 0 spiro atoms. The molecule has 0 aromatic heterocycles. The van der Waals surface area contributed by atoms with Crippen molar-refractivity contribution in [1.82, 2.24) is 0 Å². The molecule has 0 atom stereocenters. The maximum absolute atomic E-state index is 6.20. The van der Waals surface area contributed by atoms with E-state index in [-0.39, 0.29) is 0 Å². The molecule has 17 heavy (non-hydrogen) atoms. The molecule has 0 saturated heterocycles. The lowest BCUT2D eigenvalue weighted by atomic mass is 10.0. The van der Waals surface area contributed by atoms with E-state index in [4.69, 9.17) is 40.5 Å². The zero-order chi connectivity index (χ0) is 12.4. The van der Waals surface area contributed by atoms with Gasteiger partial charge in [0.25, 0.3) is 0 Å². The molecule has 0 bridgehead atoms. The van der Waals surface area contributed by atoms with E-state index in [9.17, 15) is 0 Å². The van der Waals surface area contributed by atoms with Crippen LogP contribution in [0.5, 0.6) is 0 Å². The van der Waals surface area contributed by atoms with Gasteiger partial charge < -0.3 is 5.73 Å². The minimum Gasteiger partial charge on any atom is -0.326 e. The van der Waals surface area contributed by atoms with Crippen molar-refractivity contribution in [3.05, 3.63) is 57.0 Å². The standard InChI is InChI=1S/C13H10Cl3N/c14-11-4-2-9(6-13(11)16)10-3-1-8(7-17)5-12(10)15/h1-6H,7,17H2. The van der Waals surface area contributed by atoms with Crippen LogP contribution in [0.25, 0.3) is 11.1 Å². The van der Waals surface area contributed by atoms with Crippen molar-refractivity contribution in [3.8, 4) is 11.1 Å². The molecule has 0 radical (unpaired) electrons. The summed E-state index contributed by atoms with van der Waals surface area (Å²) in [7, 11) is 0. The average Bonchev–Trinajstić information content (AvgIpc) is 2.32. The van der Waals surface area contributed by atoms with E-state index in [0.717, 1.165) is 16.7 Å². The Balaban J connectivity index is 2.49. The summed E-state index contributed by atoms with van der Waals surface area (Å²) in [5.74, 6) is 0. The van der Waals surface area contributed by atoms with E-state index in [0.29, 0.717) is 21.6 Å². The van der Waals surface area contributed by atoms with Crippen LogP contribution in [0.4, 0.5) is 0 Å². The number of benzene rings is 2. The van der Waals surface area contributed by atoms with Crippen molar-refractivity contribution < 1.29 is 0 Å². The molecule has 2 aromatic carbocycles. The van der Waals surface area contributed by atoms with Crippen LogP contribution in [0.3, 0.4) is 0 Å². The first-order valence-electron chi connectivity index (χ1n) is 5.05. The summed E-state index contributed by atoms with van der Waals surface area (Å²) in [6, 6.07) is 11.2. The maximum Gasteiger partial charge on any atom is 0.0598 e. The number of nitrogens with two attached hydrogens (primary N) is 1. The first-order valence-corrected chi connectivity index (χ1v) is 6.19. The number of hydrogen-bond donors (Lipinski definition) is 1. The molecule has 0 aliphatic carbocycles. The van der Waals surface area contributed by atoms with Gasteiger partial charge in [0.1, 0.15) is 0 Å². The van der Waals surface area contributed by atoms with E-state index in [1.54, 1.807) is 12.1 Å². The normalized spacial score (nSPS) is 10.6. The Morgan fingerprint density at radius 2 is 1.59 bits per heavy atom. The summed E-state index contributed by atoms with van der Waals surface area (Å²) in [4.78, 5) is 0. The molecule has 2 aromatic rings. The summed E-state index contributed by atoms with van der Waals surface area (Å²) in [5, 5.41) is 1.71. The second kappa shape index (κ2) is 5.28. The lowest BCUT2D eigenvalue weighted by Gasteiger charge is -2.07. The van der Waals surface area contributed by atoms with Crippen LogP contribution in [0.1, 0.15) is 5.56 Å². The van der Waals surface area contributed by atoms with Crippen LogP contribution >= 0.6 is 34.8 Å². The van der Waals surface area contributed by atoms with E-state index in [1.807, 2.05) is 24.3 Å². The molecule has 1 nitrogen and oxygen atoms in total. The van der Waals surface area contributed by atoms with Crippen molar-refractivity contribution in [2.24, 2.45) is 5.73 Å². The molecular formula is C13H10Cl3N. The van der Waals surface area contributed by atoms with Gasteiger partial charge in [0.05, 0.1) is 10.0 Å². The number of halogens is 3. The molecule has 0 aliphatic heterocycles. The summed E-state index contributed by atoms with van der Waals surface area (Å²) in [6.07, 6.45) is 0. The third kappa shape index (κ3) is 2.75. The highest BCUT2D eigenvalue weighted by atomic mass is 35.5. The van der Waals surface area contributed by atoms with E-state index >= 15 is 0 Å². The van der Waals surface area contributed by atoms with Crippen molar-refractivity contribution >= 4 is 34.8 Å². The first-order chi connectivity index (χ1) is 8.11. The molecule has 4 heteroatoms. The first kappa shape index (κ1) is 12.7. The van der Waals surface area contributed by atoms with Gasteiger partial charge in [0.2, 0.25) is 0 Å². The molecule has 88 valence electrons. The highest BCUT2D eigenvalue weighted by Crippen LogP contribution is 2.32. The zero-order valence-electron chi connectivity index (χ0n) is 8.88. The van der Waals surface area contributed by atoms with Crippen LogP contribution in [-0.2, 0) is 6.54 Å². The fourth-order valence-electron chi connectivity index (χ4n) is 1.58. The van der Waals surface area contributed by atoms with E-state index < -0.39 is 0 Å². The molecule has 2 N–H and O–H groups in total. The average molecular weight is 287 g/mol. The quantitative estimate of drug-likeness (QED) is 0.845. The summed E-state index contributed by atoms with van der Waals surface area (Å²) < 4.78 is 0. The van der Waals surface area contributed by atoms with Crippen LogP contribution in [0.2, 0.25) is 15.1 Å². The van der Waals surface area contributed by atoms with Gasteiger partial charge in [0, 0.05) is 17.1 Å². The predicted molar refractivity (Wildman–Crippen MR) is 74.8 cm³/mol. The molecule has 0 fully saturated rings. The Kier molecular flexibility index (Phi) is 3.95. The maximum atomic E-state index is 6.20. The monoisotopic (exact) mass is 285 g/mol. The van der Waals surface area contributed by atoms with Gasteiger partial charge in [-0.1, -0.05) is 53.0 Å². The molecule has 2 rings (SSSR count). The highest BCUT2D eigenvalue weighted by Gasteiger charge is 2.06. The second-order valence-corrected chi connectivity index (χ2v) is 4.87. The molecule has 0 aliphatic rings. The van der Waals surface area contributed by atoms with Crippen LogP contribution in [0.15, 0.2) is 36.4 Å². The molecule has 0 heterocycles. The van der Waals surface area contributed by atoms with E-state index in [2.05, 4.69) is 0 Å². The third-order valence-corrected chi connectivity index (χ3v) is 3.55. The van der Waals surface area contributed by atoms with Crippen molar-refractivity contribution in [2.75, 3.05) is 0 Å². The fraction of sp³-hybridized carbons (Fsp3) is 0.0769. The lowest BCUT2D eigenvalue weighted by molar-refractivity contribution is 1.07. The van der Waals surface area contributed by atoms with Gasteiger partial charge in [-0.15, -0.1) is 0 Å². The van der Waals surface area contributed by atoms with Crippen molar-refractivity contribution in [3.63, 3.8) is 0 Å². The second-order valence-electron chi connectivity index (χ2n) is 3.65. The minimum atomic E-state index is 0.474. The summed E-state index contributed by atoms with van der Waals surface area (Å²) in [6.45, 7) is 0.474. The Bertz CT molecular complexity index is 552. The molecule has 0 unspecified atom stereocenters. The Morgan fingerprint density at radius 1 is 0.824 bits per heavy atom. The Morgan fingerprint density at radius 3 is 2.18 bits per heavy atom. The molecular weight excluding hydrogens is 277 g/mol. The van der Waals surface area contributed by atoms with Crippen molar-refractivity contribution in [1.29, 1.82) is 0 Å². The van der Waals surface area contributed by atoms with Gasteiger partial charge in [-0.05, 0) is 29.3 Å². The predicted octanol–water partition coefficient (Wildman–Crippen LogP) is 4.77. The SMILES string of the molecule is NCc1ccc(-c2ccc(Cl)c(Cl)c2)c(Cl)c1. The lowest BCUT2D eigenvalue weighted by Crippen LogP contribution is -1.95. The van der Waals surface area contributed by atoms with Crippen molar-refractivity contribution in [2.45, 2.75) is 6.54 Å². The van der Waals surface area contributed by atoms with Crippen LogP contribution in [-0.4, -0.2) is 0 Å². The molecule has 0 saturated carbocycles. The smallest absolute Gasteiger partial charge is 0.0598 e. The van der Waals surface area contributed by atoms with Gasteiger partial charge >= 0.3 is 0 Å². The number of hydrogen-bond acceptors (Lipinski definition) is 1. The fourth-order valence-corrected chi connectivity index (χ4v) is 2.19.